The number of carbonyl (C=O) groups is 1. The van der Waals surface area contributed by atoms with Crippen LogP contribution in [0.4, 0.5) is 0 Å². The van der Waals surface area contributed by atoms with Gasteiger partial charge in [-0.25, -0.2) is 0 Å². The molecule has 0 spiro atoms. The maximum atomic E-state index is 11.6. The Morgan fingerprint density at radius 3 is 1.91 bits per heavy atom. The van der Waals surface area contributed by atoms with Gasteiger partial charge in [-0.3, -0.25) is 4.79 Å². The molecule has 5 heteroatoms. The highest BCUT2D eigenvalue weighted by Crippen LogP contribution is 2.16. The smallest absolute Gasteiger partial charge is 0.305 e. The van der Waals surface area contributed by atoms with E-state index in [1.165, 1.54) is 25.7 Å². The molecule has 0 aromatic carbocycles. The van der Waals surface area contributed by atoms with Crippen molar-refractivity contribution in [1.29, 1.82) is 0 Å². The van der Waals surface area contributed by atoms with Crippen molar-refractivity contribution in [2.24, 2.45) is 11.3 Å². The number of hydrogen-bond acceptors (Lipinski definition) is 5. The van der Waals surface area contributed by atoms with Gasteiger partial charge in [0.15, 0.2) is 0 Å². The third-order valence-electron chi connectivity index (χ3n) is 3.96. The molecule has 0 bridgehead atoms. The van der Waals surface area contributed by atoms with Gasteiger partial charge in [-0.05, 0) is 12.3 Å². The van der Waals surface area contributed by atoms with Crippen molar-refractivity contribution < 1.29 is 24.9 Å². The fourth-order valence-electron chi connectivity index (χ4n) is 2.12. The molecule has 0 aliphatic rings. The van der Waals surface area contributed by atoms with Crippen LogP contribution in [0.1, 0.15) is 65.2 Å². The van der Waals surface area contributed by atoms with Gasteiger partial charge in [0.25, 0.3) is 0 Å². The Morgan fingerprint density at radius 2 is 1.41 bits per heavy atom. The molecule has 0 heterocycles. The standard InChI is InChI=1S/C17H34O5/c1-15(2)9-7-5-3-4-6-8-10-16(21)22-14-17(11-18,12-19)13-20/h15,18-20H,3-14H2,1-2H3. The lowest BCUT2D eigenvalue weighted by molar-refractivity contribution is -0.151. The van der Waals surface area contributed by atoms with E-state index in [1.807, 2.05) is 0 Å². The van der Waals surface area contributed by atoms with Crippen LogP contribution < -0.4 is 0 Å². The average Bonchev–Trinajstić information content (AvgIpc) is 2.51. The number of aliphatic hydroxyl groups excluding tert-OH is 3. The van der Waals surface area contributed by atoms with Crippen molar-refractivity contribution in [2.75, 3.05) is 26.4 Å². The summed E-state index contributed by atoms with van der Waals surface area (Å²) >= 11 is 0. The molecular formula is C17H34O5. The van der Waals surface area contributed by atoms with Crippen LogP contribution in [0.5, 0.6) is 0 Å². The third-order valence-corrected chi connectivity index (χ3v) is 3.96. The molecule has 0 aliphatic heterocycles. The summed E-state index contributed by atoms with van der Waals surface area (Å²) in [5.74, 6) is 0.443. The van der Waals surface area contributed by atoms with Crippen LogP contribution in [-0.4, -0.2) is 47.7 Å². The second-order valence-corrected chi connectivity index (χ2v) is 6.69. The molecule has 0 unspecified atom stereocenters. The predicted octanol–water partition coefficient (Wildman–Crippen LogP) is 2.27. The minimum absolute atomic E-state index is 0.148. The molecule has 0 aliphatic carbocycles. The number of ether oxygens (including phenoxy) is 1. The van der Waals surface area contributed by atoms with E-state index in [9.17, 15) is 4.79 Å². The Labute approximate surface area is 134 Å². The van der Waals surface area contributed by atoms with Crippen LogP contribution >= 0.6 is 0 Å². The Balaban J connectivity index is 3.58. The van der Waals surface area contributed by atoms with Gasteiger partial charge in [0, 0.05) is 6.42 Å². The van der Waals surface area contributed by atoms with Crippen molar-refractivity contribution >= 4 is 5.97 Å². The van der Waals surface area contributed by atoms with E-state index in [-0.39, 0.29) is 12.6 Å². The van der Waals surface area contributed by atoms with E-state index < -0.39 is 25.2 Å². The summed E-state index contributed by atoms with van der Waals surface area (Å²) in [6, 6.07) is 0. The third kappa shape index (κ3) is 10.1. The van der Waals surface area contributed by atoms with E-state index in [0.717, 1.165) is 25.2 Å². The molecule has 0 amide bonds. The first-order valence-electron chi connectivity index (χ1n) is 8.48. The molecule has 0 saturated carbocycles. The fourth-order valence-corrected chi connectivity index (χ4v) is 2.12. The van der Waals surface area contributed by atoms with Gasteiger partial charge in [-0.15, -0.1) is 0 Å². The number of unbranched alkanes of at least 4 members (excludes halogenated alkanes) is 5. The zero-order chi connectivity index (χ0) is 16.8. The van der Waals surface area contributed by atoms with Crippen molar-refractivity contribution in [3.05, 3.63) is 0 Å². The average molecular weight is 318 g/mol. The molecule has 0 aromatic heterocycles. The van der Waals surface area contributed by atoms with E-state index in [1.54, 1.807) is 0 Å². The quantitative estimate of drug-likeness (QED) is 0.338. The normalized spacial score (nSPS) is 11.9. The lowest BCUT2D eigenvalue weighted by atomic mass is 9.93. The van der Waals surface area contributed by atoms with Crippen molar-refractivity contribution in [1.82, 2.24) is 0 Å². The maximum absolute atomic E-state index is 11.6. The molecule has 5 nitrogen and oxygen atoms in total. The lowest BCUT2D eigenvalue weighted by Gasteiger charge is -2.26. The van der Waals surface area contributed by atoms with Crippen LogP contribution in [-0.2, 0) is 9.53 Å². The van der Waals surface area contributed by atoms with Gasteiger partial charge < -0.3 is 20.1 Å². The summed E-state index contributed by atoms with van der Waals surface area (Å²) in [7, 11) is 0. The number of hydrogen-bond donors (Lipinski definition) is 3. The van der Waals surface area contributed by atoms with Crippen molar-refractivity contribution in [3.8, 4) is 0 Å². The Hall–Kier alpha value is -0.650. The first kappa shape index (κ1) is 21.4. The van der Waals surface area contributed by atoms with Crippen LogP contribution in [0.2, 0.25) is 0 Å². The van der Waals surface area contributed by atoms with E-state index >= 15 is 0 Å². The Bertz CT molecular complexity index is 266. The zero-order valence-corrected chi connectivity index (χ0v) is 14.2. The van der Waals surface area contributed by atoms with Crippen molar-refractivity contribution in [2.45, 2.75) is 65.2 Å². The number of rotatable bonds is 14. The van der Waals surface area contributed by atoms with Gasteiger partial charge in [0.2, 0.25) is 0 Å². The van der Waals surface area contributed by atoms with Crippen LogP contribution in [0.25, 0.3) is 0 Å². The van der Waals surface area contributed by atoms with Gasteiger partial charge in [0.1, 0.15) is 6.61 Å². The molecule has 0 rings (SSSR count). The summed E-state index contributed by atoms with van der Waals surface area (Å²) < 4.78 is 5.03. The Kier molecular flexibility index (Phi) is 12.5. The summed E-state index contributed by atoms with van der Waals surface area (Å²) in [6.07, 6.45) is 8.35. The molecule has 132 valence electrons. The lowest BCUT2D eigenvalue weighted by Crippen LogP contribution is -2.39. The highest BCUT2D eigenvalue weighted by molar-refractivity contribution is 5.69. The van der Waals surface area contributed by atoms with Crippen LogP contribution in [0, 0.1) is 11.3 Å². The SMILES string of the molecule is CC(C)CCCCCCCCC(=O)OCC(CO)(CO)CO. The van der Waals surface area contributed by atoms with Gasteiger partial charge in [-0.2, -0.15) is 0 Å². The number of carbonyl (C=O) groups excluding carboxylic acids is 1. The molecule has 3 N–H and O–H groups in total. The van der Waals surface area contributed by atoms with Gasteiger partial charge >= 0.3 is 5.97 Å². The second kappa shape index (κ2) is 12.9. The first-order chi connectivity index (χ1) is 10.5. The Morgan fingerprint density at radius 1 is 0.909 bits per heavy atom. The van der Waals surface area contributed by atoms with Gasteiger partial charge in [0.05, 0.1) is 25.2 Å². The zero-order valence-electron chi connectivity index (χ0n) is 14.2. The van der Waals surface area contributed by atoms with E-state index in [4.69, 9.17) is 20.1 Å². The van der Waals surface area contributed by atoms with E-state index in [2.05, 4.69) is 13.8 Å². The number of esters is 1. The fraction of sp³-hybridized carbons (Fsp3) is 0.941. The summed E-state index contributed by atoms with van der Waals surface area (Å²) in [4.78, 5) is 11.6. The maximum Gasteiger partial charge on any atom is 0.305 e. The summed E-state index contributed by atoms with van der Waals surface area (Å²) in [6.45, 7) is 3.09. The van der Waals surface area contributed by atoms with E-state index in [0.29, 0.717) is 6.42 Å². The minimum Gasteiger partial charge on any atom is -0.465 e. The van der Waals surface area contributed by atoms with Crippen LogP contribution in [0.15, 0.2) is 0 Å². The minimum atomic E-state index is -1.13. The second-order valence-electron chi connectivity index (χ2n) is 6.69. The summed E-state index contributed by atoms with van der Waals surface area (Å²) in [5.41, 5.74) is -1.13. The topological polar surface area (TPSA) is 87.0 Å². The molecular weight excluding hydrogens is 284 g/mol. The monoisotopic (exact) mass is 318 g/mol. The van der Waals surface area contributed by atoms with Gasteiger partial charge in [-0.1, -0.05) is 52.4 Å². The predicted molar refractivity (Wildman–Crippen MR) is 86.4 cm³/mol. The molecule has 0 atom stereocenters. The summed E-state index contributed by atoms with van der Waals surface area (Å²) in [5, 5.41) is 27.4. The molecule has 22 heavy (non-hydrogen) atoms. The molecule has 0 radical (unpaired) electrons. The number of aliphatic hydroxyl groups is 3. The largest absolute Gasteiger partial charge is 0.465 e. The highest BCUT2D eigenvalue weighted by atomic mass is 16.5. The molecule has 0 saturated heterocycles. The molecule has 0 fully saturated rings. The highest BCUT2D eigenvalue weighted by Gasteiger charge is 2.29. The van der Waals surface area contributed by atoms with Crippen molar-refractivity contribution in [3.63, 3.8) is 0 Å². The first-order valence-corrected chi connectivity index (χ1v) is 8.48. The van der Waals surface area contributed by atoms with Crippen LogP contribution in [0.3, 0.4) is 0 Å². The molecule has 0 aromatic rings.